The number of anilines is 1. The first kappa shape index (κ1) is 12.7. The topological polar surface area (TPSA) is 56.1 Å². The van der Waals surface area contributed by atoms with Crippen LogP contribution in [-0.4, -0.2) is 29.5 Å². The minimum atomic E-state index is -0.0817. The molecule has 1 aromatic heterocycles. The third-order valence-corrected chi connectivity index (χ3v) is 2.04. The van der Waals surface area contributed by atoms with Crippen molar-refractivity contribution in [1.29, 1.82) is 0 Å². The van der Waals surface area contributed by atoms with E-state index in [9.17, 15) is 4.79 Å². The van der Waals surface area contributed by atoms with Crippen molar-refractivity contribution in [2.24, 2.45) is 0 Å². The van der Waals surface area contributed by atoms with Crippen molar-refractivity contribution in [1.82, 2.24) is 9.78 Å². The van der Waals surface area contributed by atoms with Gasteiger partial charge in [0.25, 0.3) is 5.56 Å². The van der Waals surface area contributed by atoms with Crippen LogP contribution in [0.1, 0.15) is 20.3 Å². The Morgan fingerprint density at radius 1 is 1.56 bits per heavy atom. The highest BCUT2D eigenvalue weighted by atomic mass is 16.5. The molecule has 90 valence electrons. The molecule has 0 aliphatic carbocycles. The molecular weight excluding hydrogens is 206 g/mol. The van der Waals surface area contributed by atoms with Gasteiger partial charge in [0.2, 0.25) is 0 Å². The summed E-state index contributed by atoms with van der Waals surface area (Å²) in [5, 5.41) is 7.23. The average Bonchev–Trinajstić information content (AvgIpc) is 2.20. The first-order valence-corrected chi connectivity index (χ1v) is 5.46. The van der Waals surface area contributed by atoms with Gasteiger partial charge in [0.15, 0.2) is 0 Å². The SMILES string of the molecule is COCCCn1ncc(NC(C)C)cc1=O. The van der Waals surface area contributed by atoms with Crippen LogP contribution in [-0.2, 0) is 11.3 Å². The van der Waals surface area contributed by atoms with E-state index in [1.54, 1.807) is 19.4 Å². The van der Waals surface area contributed by atoms with Gasteiger partial charge in [-0.25, -0.2) is 4.68 Å². The van der Waals surface area contributed by atoms with E-state index in [0.29, 0.717) is 19.2 Å². The maximum absolute atomic E-state index is 11.6. The molecule has 1 aromatic rings. The molecule has 0 radical (unpaired) electrons. The lowest BCUT2D eigenvalue weighted by Gasteiger charge is -2.10. The summed E-state index contributed by atoms with van der Waals surface area (Å²) in [4.78, 5) is 11.6. The summed E-state index contributed by atoms with van der Waals surface area (Å²) in [6.07, 6.45) is 2.47. The molecule has 0 aliphatic rings. The lowest BCUT2D eigenvalue weighted by molar-refractivity contribution is 0.188. The summed E-state index contributed by atoms with van der Waals surface area (Å²) in [7, 11) is 1.64. The van der Waals surface area contributed by atoms with Gasteiger partial charge in [0, 0.05) is 32.4 Å². The number of aryl methyl sites for hydroxylation is 1. The number of rotatable bonds is 6. The standard InChI is InChI=1S/C11H19N3O2/c1-9(2)13-10-7-11(15)14(12-8-10)5-4-6-16-3/h7-9,13H,4-6H2,1-3H3. The number of hydrogen-bond donors (Lipinski definition) is 1. The van der Waals surface area contributed by atoms with Crippen LogP contribution < -0.4 is 10.9 Å². The minimum Gasteiger partial charge on any atom is -0.385 e. The first-order valence-electron chi connectivity index (χ1n) is 5.46. The highest BCUT2D eigenvalue weighted by Gasteiger charge is 2.00. The first-order chi connectivity index (χ1) is 7.63. The normalized spacial score (nSPS) is 10.8. The molecule has 5 nitrogen and oxygen atoms in total. The van der Waals surface area contributed by atoms with Crippen LogP contribution in [0, 0.1) is 0 Å². The number of ether oxygens (including phenoxy) is 1. The van der Waals surface area contributed by atoms with Crippen LogP contribution in [0.2, 0.25) is 0 Å². The summed E-state index contributed by atoms with van der Waals surface area (Å²) in [5.41, 5.74) is 0.685. The largest absolute Gasteiger partial charge is 0.385 e. The van der Waals surface area contributed by atoms with Crippen molar-refractivity contribution in [3.63, 3.8) is 0 Å². The predicted molar refractivity (Wildman–Crippen MR) is 63.7 cm³/mol. The molecule has 0 atom stereocenters. The zero-order valence-electron chi connectivity index (χ0n) is 10.1. The fourth-order valence-corrected chi connectivity index (χ4v) is 1.37. The molecule has 0 saturated carbocycles. The van der Waals surface area contributed by atoms with E-state index in [2.05, 4.69) is 10.4 Å². The molecule has 1 N–H and O–H groups in total. The Morgan fingerprint density at radius 3 is 2.88 bits per heavy atom. The fraction of sp³-hybridized carbons (Fsp3) is 0.636. The molecule has 0 aliphatic heterocycles. The van der Waals surface area contributed by atoms with Crippen LogP contribution in [0.15, 0.2) is 17.1 Å². The van der Waals surface area contributed by atoms with Crippen LogP contribution in [0.4, 0.5) is 5.69 Å². The Morgan fingerprint density at radius 2 is 2.31 bits per heavy atom. The summed E-state index contributed by atoms with van der Waals surface area (Å²) < 4.78 is 6.37. The van der Waals surface area contributed by atoms with E-state index in [4.69, 9.17) is 4.74 Å². The van der Waals surface area contributed by atoms with Crippen molar-refractivity contribution >= 4 is 5.69 Å². The second kappa shape index (κ2) is 6.27. The Balaban J connectivity index is 2.64. The van der Waals surface area contributed by atoms with Gasteiger partial charge in [-0.3, -0.25) is 4.79 Å². The second-order valence-corrected chi connectivity index (χ2v) is 3.95. The zero-order chi connectivity index (χ0) is 12.0. The van der Waals surface area contributed by atoms with Crippen molar-refractivity contribution < 1.29 is 4.74 Å². The molecule has 1 rings (SSSR count). The third kappa shape index (κ3) is 4.02. The maximum Gasteiger partial charge on any atom is 0.268 e. The van der Waals surface area contributed by atoms with Crippen LogP contribution in [0.25, 0.3) is 0 Å². The lowest BCUT2D eigenvalue weighted by Crippen LogP contribution is -2.24. The van der Waals surface area contributed by atoms with Gasteiger partial charge in [0.1, 0.15) is 0 Å². The van der Waals surface area contributed by atoms with E-state index < -0.39 is 0 Å². The molecule has 16 heavy (non-hydrogen) atoms. The quantitative estimate of drug-likeness (QED) is 0.737. The van der Waals surface area contributed by atoms with Gasteiger partial charge in [0.05, 0.1) is 11.9 Å². The van der Waals surface area contributed by atoms with Gasteiger partial charge in [-0.1, -0.05) is 0 Å². The van der Waals surface area contributed by atoms with Crippen LogP contribution in [0.5, 0.6) is 0 Å². The number of methoxy groups -OCH3 is 1. The van der Waals surface area contributed by atoms with E-state index in [1.165, 1.54) is 4.68 Å². The number of hydrogen-bond acceptors (Lipinski definition) is 4. The van der Waals surface area contributed by atoms with Gasteiger partial charge >= 0.3 is 0 Å². The van der Waals surface area contributed by atoms with E-state index in [-0.39, 0.29) is 5.56 Å². The molecule has 1 heterocycles. The summed E-state index contributed by atoms with van der Waals surface area (Å²) in [6.45, 7) is 5.27. The monoisotopic (exact) mass is 225 g/mol. The summed E-state index contributed by atoms with van der Waals surface area (Å²) in [6, 6.07) is 1.87. The Bertz CT molecular complexity index is 374. The molecule has 0 saturated heterocycles. The number of aromatic nitrogens is 2. The Labute approximate surface area is 95.4 Å². The maximum atomic E-state index is 11.6. The molecular formula is C11H19N3O2. The predicted octanol–water partition coefficient (Wildman–Crippen LogP) is 1.10. The Kier molecular flexibility index (Phi) is 4.98. The minimum absolute atomic E-state index is 0.0817. The summed E-state index contributed by atoms with van der Waals surface area (Å²) >= 11 is 0. The van der Waals surface area contributed by atoms with Gasteiger partial charge in [-0.05, 0) is 20.3 Å². The third-order valence-electron chi connectivity index (χ3n) is 2.04. The average molecular weight is 225 g/mol. The zero-order valence-corrected chi connectivity index (χ0v) is 10.1. The van der Waals surface area contributed by atoms with Crippen molar-refractivity contribution in [3.8, 4) is 0 Å². The van der Waals surface area contributed by atoms with E-state index >= 15 is 0 Å². The van der Waals surface area contributed by atoms with Gasteiger partial charge in [-0.2, -0.15) is 5.10 Å². The molecule has 0 bridgehead atoms. The highest BCUT2D eigenvalue weighted by molar-refractivity contribution is 5.39. The number of nitrogens with one attached hydrogen (secondary N) is 1. The van der Waals surface area contributed by atoms with E-state index in [0.717, 1.165) is 12.1 Å². The lowest BCUT2D eigenvalue weighted by atomic mass is 10.3. The van der Waals surface area contributed by atoms with Crippen LogP contribution in [0.3, 0.4) is 0 Å². The number of nitrogens with zero attached hydrogens (tertiary/aromatic N) is 2. The van der Waals surface area contributed by atoms with Crippen molar-refractivity contribution in [3.05, 3.63) is 22.6 Å². The molecule has 0 unspecified atom stereocenters. The second-order valence-electron chi connectivity index (χ2n) is 3.95. The molecule has 0 spiro atoms. The molecule has 0 fully saturated rings. The fourth-order valence-electron chi connectivity index (χ4n) is 1.37. The molecule has 0 aromatic carbocycles. The van der Waals surface area contributed by atoms with Crippen LogP contribution >= 0.6 is 0 Å². The smallest absolute Gasteiger partial charge is 0.268 e. The van der Waals surface area contributed by atoms with Crippen molar-refractivity contribution in [2.45, 2.75) is 32.9 Å². The van der Waals surface area contributed by atoms with Gasteiger partial charge < -0.3 is 10.1 Å². The summed E-state index contributed by atoms with van der Waals surface area (Å²) in [5.74, 6) is 0. The van der Waals surface area contributed by atoms with Gasteiger partial charge in [-0.15, -0.1) is 0 Å². The molecule has 5 heteroatoms. The van der Waals surface area contributed by atoms with E-state index in [1.807, 2.05) is 13.8 Å². The Hall–Kier alpha value is -1.36. The van der Waals surface area contributed by atoms with Crippen molar-refractivity contribution in [2.75, 3.05) is 19.0 Å². The molecule has 0 amide bonds. The highest BCUT2D eigenvalue weighted by Crippen LogP contribution is 2.01.